The van der Waals surface area contributed by atoms with Crippen molar-refractivity contribution in [3.05, 3.63) is 70.8 Å². The molecule has 0 radical (unpaired) electrons. The lowest BCUT2D eigenvalue weighted by Gasteiger charge is -2.38. The first-order valence-corrected chi connectivity index (χ1v) is 13.3. The number of nitrogens with zero attached hydrogens (tertiary/aromatic N) is 4. The van der Waals surface area contributed by atoms with Crippen molar-refractivity contribution in [3.8, 4) is 0 Å². The van der Waals surface area contributed by atoms with Gasteiger partial charge in [-0.1, -0.05) is 76.2 Å². The maximum Gasteiger partial charge on any atom is 0.235 e. The summed E-state index contributed by atoms with van der Waals surface area (Å²) in [5.74, 6) is 0. The van der Waals surface area contributed by atoms with Crippen LogP contribution in [0, 0.1) is 0 Å². The summed E-state index contributed by atoms with van der Waals surface area (Å²) in [6.45, 7) is 24.4. The van der Waals surface area contributed by atoms with Gasteiger partial charge in [-0.25, -0.2) is 19.6 Å². The minimum Gasteiger partial charge on any atom is -0.219 e. The van der Waals surface area contributed by atoms with Crippen LogP contribution in [-0.4, -0.2) is 29.2 Å². The van der Waals surface area contributed by atoms with Crippen LogP contribution in [0.3, 0.4) is 0 Å². The lowest BCUT2D eigenvalue weighted by Crippen LogP contribution is -2.41. The molecule has 2 aromatic rings. The van der Waals surface area contributed by atoms with Gasteiger partial charge in [0.05, 0.1) is 28.2 Å². The van der Waals surface area contributed by atoms with Crippen LogP contribution in [0.1, 0.15) is 105 Å². The molecule has 0 heterocycles. The molecular weight excluding hydrogens is 484 g/mol. The van der Waals surface area contributed by atoms with E-state index in [-0.39, 0.29) is 10.8 Å². The van der Waals surface area contributed by atoms with E-state index in [0.29, 0.717) is 0 Å². The predicted molar refractivity (Wildman–Crippen MR) is 159 cm³/mol. The van der Waals surface area contributed by atoms with Crippen LogP contribution < -0.4 is 0 Å². The second kappa shape index (κ2) is 11.0. The second-order valence-electron chi connectivity index (χ2n) is 13.4. The van der Waals surface area contributed by atoms with Gasteiger partial charge in [0.25, 0.3) is 0 Å². The maximum atomic E-state index is 10.9. The topological polar surface area (TPSA) is 83.6 Å². The monoisotopic (exact) mass is 528 g/mol. The Morgan fingerprint density at radius 3 is 1.10 bits per heavy atom. The Kier molecular flexibility index (Phi) is 8.96. The molecule has 6 heteroatoms. The molecule has 0 atom stereocenters. The van der Waals surface area contributed by atoms with Gasteiger partial charge in [0.2, 0.25) is 12.2 Å². The molecule has 0 bridgehead atoms. The Morgan fingerprint density at radius 2 is 0.744 bits per heavy atom. The summed E-state index contributed by atoms with van der Waals surface area (Å²) in [5, 5.41) is 0. The van der Waals surface area contributed by atoms with Crippen LogP contribution in [-0.2, 0) is 31.5 Å². The average Bonchev–Trinajstić information content (AvgIpc) is 2.83. The number of isocyanates is 2. The molecule has 0 aliphatic heterocycles. The molecule has 0 N–H and O–H groups in total. The molecule has 2 rings (SSSR count). The maximum absolute atomic E-state index is 10.9. The van der Waals surface area contributed by atoms with Crippen LogP contribution in [0.15, 0.2) is 68.5 Å². The summed E-state index contributed by atoms with van der Waals surface area (Å²) in [4.78, 5) is 39.2. The third-order valence-electron chi connectivity index (χ3n) is 8.99. The van der Waals surface area contributed by atoms with Crippen LogP contribution in [0.5, 0.6) is 0 Å². The highest BCUT2D eigenvalue weighted by atomic mass is 16.1. The first kappa shape index (κ1) is 31.8. The van der Waals surface area contributed by atoms with E-state index in [9.17, 15) is 9.59 Å². The highest BCUT2D eigenvalue weighted by Crippen LogP contribution is 2.39. The highest BCUT2D eigenvalue weighted by molar-refractivity contribution is 5.47. The number of aliphatic imine (C=N–C) groups is 4. The molecule has 6 nitrogen and oxygen atoms in total. The van der Waals surface area contributed by atoms with Crippen molar-refractivity contribution in [1.29, 1.82) is 0 Å². The van der Waals surface area contributed by atoms with Gasteiger partial charge in [-0.15, -0.1) is 0 Å². The van der Waals surface area contributed by atoms with Crippen molar-refractivity contribution < 1.29 is 9.59 Å². The summed E-state index contributed by atoms with van der Waals surface area (Å²) < 4.78 is 0. The van der Waals surface area contributed by atoms with E-state index in [1.54, 1.807) is 12.2 Å². The summed E-state index contributed by atoms with van der Waals surface area (Å²) in [5.41, 5.74) is 1.27. The first-order chi connectivity index (χ1) is 17.7. The van der Waals surface area contributed by atoms with Crippen molar-refractivity contribution >= 4 is 18.2 Å². The SMILES string of the molecule is CC(C)(N=C=NC(C)(C)C(C)(C)c1ccc(C(C)(C)N=C=O)cc1)c1ccc(C(C)(C)C(C)(C)N=C=O)cc1. The second-order valence-corrected chi connectivity index (χ2v) is 13.4. The summed E-state index contributed by atoms with van der Waals surface area (Å²) in [6, 6.07) is 19.4. The van der Waals surface area contributed by atoms with Gasteiger partial charge in [0, 0.05) is 10.8 Å². The van der Waals surface area contributed by atoms with Gasteiger partial charge in [-0.3, -0.25) is 0 Å². The first-order valence-electron chi connectivity index (χ1n) is 13.3. The minimum atomic E-state index is -0.621. The van der Waals surface area contributed by atoms with Crippen LogP contribution in [0.25, 0.3) is 0 Å². The molecule has 0 unspecified atom stereocenters. The molecule has 0 saturated heterocycles. The molecule has 0 aliphatic rings. The summed E-state index contributed by atoms with van der Waals surface area (Å²) in [7, 11) is 0. The molecule has 208 valence electrons. The lowest BCUT2D eigenvalue weighted by molar-refractivity contribution is 0.307. The van der Waals surface area contributed by atoms with Crippen LogP contribution in [0.2, 0.25) is 0 Å². The Bertz CT molecular complexity index is 1330. The lowest BCUT2D eigenvalue weighted by atomic mass is 9.69. The zero-order valence-corrected chi connectivity index (χ0v) is 25.7. The third-order valence-corrected chi connectivity index (χ3v) is 8.99. The van der Waals surface area contributed by atoms with E-state index in [2.05, 4.69) is 93.9 Å². The number of hydrogen-bond acceptors (Lipinski definition) is 6. The molecule has 39 heavy (non-hydrogen) atoms. The zero-order chi connectivity index (χ0) is 29.9. The standard InChI is InChI=1S/C33H44N4O2/c1-28(2,24-15-19-27(20-16-24)31(7,8)36-22-38)32(9,10)35-21-34-30(5,6)26-17-13-25(14-18-26)29(3,4)33(11,12)37-23-39/h13-20H,1-12H3. The van der Waals surface area contributed by atoms with Gasteiger partial charge in [-0.2, -0.15) is 9.98 Å². The molecule has 0 saturated carbocycles. The van der Waals surface area contributed by atoms with E-state index in [4.69, 9.17) is 9.98 Å². The van der Waals surface area contributed by atoms with Crippen LogP contribution >= 0.6 is 0 Å². The number of rotatable bonds is 10. The number of hydrogen-bond donors (Lipinski definition) is 0. The van der Waals surface area contributed by atoms with Crippen molar-refractivity contribution in [2.24, 2.45) is 20.0 Å². The van der Waals surface area contributed by atoms with Crippen molar-refractivity contribution in [2.45, 2.75) is 116 Å². The fourth-order valence-corrected chi connectivity index (χ4v) is 4.21. The molecule has 0 aliphatic carbocycles. The van der Waals surface area contributed by atoms with Crippen molar-refractivity contribution in [1.82, 2.24) is 0 Å². The molecule has 2 aromatic carbocycles. The Labute approximate surface area is 234 Å². The minimum absolute atomic E-state index is 0.319. The van der Waals surface area contributed by atoms with E-state index in [1.807, 2.05) is 53.7 Å². The normalized spacial score (nSPS) is 13.0. The Balaban J connectivity index is 2.32. The summed E-state index contributed by atoms with van der Waals surface area (Å²) in [6.07, 6.45) is 3.38. The molecule has 0 aromatic heterocycles. The van der Waals surface area contributed by atoms with Gasteiger partial charge >= 0.3 is 0 Å². The molecule has 0 spiro atoms. The third kappa shape index (κ3) is 6.60. The quantitative estimate of drug-likeness (QED) is 0.233. The van der Waals surface area contributed by atoms with Crippen LogP contribution in [0.4, 0.5) is 0 Å². The Morgan fingerprint density at radius 1 is 0.436 bits per heavy atom. The summed E-state index contributed by atoms with van der Waals surface area (Å²) >= 11 is 0. The Hall–Kier alpha value is -3.42. The van der Waals surface area contributed by atoms with E-state index in [0.717, 1.165) is 22.3 Å². The molecule has 0 amide bonds. The molecular formula is C33H44N4O2. The van der Waals surface area contributed by atoms with Gasteiger partial charge in [-0.05, 0) is 77.6 Å². The zero-order valence-electron chi connectivity index (χ0n) is 25.7. The van der Waals surface area contributed by atoms with E-state index >= 15 is 0 Å². The van der Waals surface area contributed by atoms with Gasteiger partial charge in [0.1, 0.15) is 0 Å². The van der Waals surface area contributed by atoms with Gasteiger partial charge < -0.3 is 0 Å². The van der Waals surface area contributed by atoms with Gasteiger partial charge in [0.15, 0.2) is 0 Å². The molecule has 0 fully saturated rings. The van der Waals surface area contributed by atoms with E-state index < -0.39 is 22.2 Å². The van der Waals surface area contributed by atoms with Crippen molar-refractivity contribution in [2.75, 3.05) is 0 Å². The average molecular weight is 529 g/mol. The number of benzene rings is 2. The fraction of sp³-hybridized carbons (Fsp3) is 0.545. The largest absolute Gasteiger partial charge is 0.235 e. The highest BCUT2D eigenvalue weighted by Gasteiger charge is 2.40. The van der Waals surface area contributed by atoms with E-state index in [1.165, 1.54) is 0 Å². The number of carbonyl (C=O) groups excluding carboxylic acids is 2. The fourth-order valence-electron chi connectivity index (χ4n) is 4.21. The smallest absolute Gasteiger partial charge is 0.219 e. The van der Waals surface area contributed by atoms with Crippen molar-refractivity contribution in [3.63, 3.8) is 0 Å². The predicted octanol–water partition coefficient (Wildman–Crippen LogP) is 7.81.